The highest BCUT2D eigenvalue weighted by Gasteiger charge is 2.39. The SMILES string of the molecule is COc1ccccc1C1(CNC(=O)c2sccc2S(=O)(=O)N2CCCCC2)CCCC1. The lowest BCUT2D eigenvalue weighted by Gasteiger charge is -2.31. The highest BCUT2D eigenvalue weighted by atomic mass is 32.2. The minimum atomic E-state index is -3.65. The molecular formula is C23H30N2O4S2. The number of nitrogens with one attached hydrogen (secondary N) is 1. The Morgan fingerprint density at radius 3 is 2.52 bits per heavy atom. The molecule has 2 fully saturated rings. The van der Waals surface area contributed by atoms with Crippen molar-refractivity contribution in [3.63, 3.8) is 0 Å². The van der Waals surface area contributed by atoms with E-state index in [4.69, 9.17) is 4.74 Å². The van der Waals surface area contributed by atoms with E-state index in [1.54, 1.807) is 18.6 Å². The van der Waals surface area contributed by atoms with E-state index in [1.807, 2.05) is 18.2 Å². The number of rotatable bonds is 7. The van der Waals surface area contributed by atoms with Crippen LogP contribution >= 0.6 is 11.3 Å². The first-order valence-corrected chi connectivity index (χ1v) is 13.3. The molecule has 1 N–H and O–H groups in total. The van der Waals surface area contributed by atoms with Gasteiger partial charge in [0.1, 0.15) is 15.5 Å². The fraction of sp³-hybridized carbons (Fsp3) is 0.522. The molecule has 0 unspecified atom stereocenters. The van der Waals surface area contributed by atoms with Gasteiger partial charge >= 0.3 is 0 Å². The summed E-state index contributed by atoms with van der Waals surface area (Å²) >= 11 is 1.19. The first kappa shape index (κ1) is 22.3. The van der Waals surface area contributed by atoms with Crippen LogP contribution in [0, 0.1) is 0 Å². The molecule has 1 aliphatic carbocycles. The Morgan fingerprint density at radius 2 is 1.81 bits per heavy atom. The minimum Gasteiger partial charge on any atom is -0.496 e. The predicted molar refractivity (Wildman–Crippen MR) is 122 cm³/mol. The maximum atomic E-state index is 13.1. The molecule has 1 aromatic carbocycles. The van der Waals surface area contributed by atoms with Gasteiger partial charge in [0.25, 0.3) is 5.91 Å². The highest BCUT2D eigenvalue weighted by Crippen LogP contribution is 2.44. The van der Waals surface area contributed by atoms with Gasteiger partial charge in [0, 0.05) is 30.6 Å². The Balaban J connectivity index is 1.55. The topological polar surface area (TPSA) is 75.7 Å². The van der Waals surface area contributed by atoms with Gasteiger partial charge in [-0.2, -0.15) is 4.31 Å². The lowest BCUT2D eigenvalue weighted by atomic mass is 9.78. The number of carbonyl (C=O) groups is 1. The number of hydrogen-bond acceptors (Lipinski definition) is 5. The van der Waals surface area contributed by atoms with Crippen molar-refractivity contribution in [2.24, 2.45) is 0 Å². The monoisotopic (exact) mass is 462 g/mol. The van der Waals surface area contributed by atoms with Crippen LogP contribution in [0.15, 0.2) is 40.6 Å². The molecule has 6 nitrogen and oxygen atoms in total. The molecular weight excluding hydrogens is 432 g/mol. The van der Waals surface area contributed by atoms with Gasteiger partial charge in [0.15, 0.2) is 0 Å². The van der Waals surface area contributed by atoms with Crippen molar-refractivity contribution in [2.75, 3.05) is 26.7 Å². The second kappa shape index (κ2) is 9.30. The summed E-state index contributed by atoms with van der Waals surface area (Å²) in [5.41, 5.74) is 0.925. The average molecular weight is 463 g/mol. The fourth-order valence-electron chi connectivity index (χ4n) is 4.92. The van der Waals surface area contributed by atoms with E-state index in [2.05, 4.69) is 11.4 Å². The molecule has 1 amide bonds. The third-order valence-corrected chi connectivity index (χ3v) is 9.58. The molecule has 2 heterocycles. The van der Waals surface area contributed by atoms with E-state index in [-0.39, 0.29) is 21.1 Å². The van der Waals surface area contributed by atoms with Crippen molar-refractivity contribution in [1.82, 2.24) is 9.62 Å². The normalized spacial score (nSPS) is 19.3. The van der Waals surface area contributed by atoms with Gasteiger partial charge in [-0.3, -0.25) is 4.79 Å². The number of piperidine rings is 1. The zero-order valence-electron chi connectivity index (χ0n) is 17.9. The second-order valence-electron chi connectivity index (χ2n) is 8.45. The van der Waals surface area contributed by atoms with E-state index in [9.17, 15) is 13.2 Å². The van der Waals surface area contributed by atoms with Crippen LogP contribution in [-0.2, 0) is 15.4 Å². The van der Waals surface area contributed by atoms with E-state index in [0.29, 0.717) is 19.6 Å². The second-order valence-corrected chi connectivity index (χ2v) is 11.3. The predicted octanol–water partition coefficient (Wildman–Crippen LogP) is 4.17. The molecule has 2 aliphatic rings. The number of benzene rings is 1. The lowest BCUT2D eigenvalue weighted by Crippen LogP contribution is -2.40. The number of para-hydroxylation sites is 1. The van der Waals surface area contributed by atoms with Gasteiger partial charge < -0.3 is 10.1 Å². The summed E-state index contributed by atoms with van der Waals surface area (Å²) in [4.78, 5) is 13.5. The number of thiophene rings is 1. The van der Waals surface area contributed by atoms with Gasteiger partial charge in [-0.05, 0) is 43.2 Å². The molecule has 1 aromatic heterocycles. The first-order chi connectivity index (χ1) is 15.0. The summed E-state index contributed by atoms with van der Waals surface area (Å²) in [5.74, 6) is 0.523. The van der Waals surface area contributed by atoms with Crippen LogP contribution < -0.4 is 10.1 Å². The number of amides is 1. The third-order valence-electron chi connectivity index (χ3n) is 6.59. The van der Waals surface area contributed by atoms with Crippen LogP contribution in [0.3, 0.4) is 0 Å². The molecule has 0 atom stereocenters. The van der Waals surface area contributed by atoms with Crippen LogP contribution in [0.4, 0.5) is 0 Å². The molecule has 0 radical (unpaired) electrons. The van der Waals surface area contributed by atoms with Gasteiger partial charge in [-0.1, -0.05) is 37.5 Å². The summed E-state index contributed by atoms with van der Waals surface area (Å²) in [5, 5.41) is 4.76. The maximum absolute atomic E-state index is 13.1. The molecule has 8 heteroatoms. The molecule has 31 heavy (non-hydrogen) atoms. The van der Waals surface area contributed by atoms with E-state index >= 15 is 0 Å². The Hall–Kier alpha value is -1.90. The zero-order chi connectivity index (χ0) is 21.9. The van der Waals surface area contributed by atoms with Crippen molar-refractivity contribution in [3.8, 4) is 5.75 Å². The van der Waals surface area contributed by atoms with E-state index in [0.717, 1.165) is 56.3 Å². The summed E-state index contributed by atoms with van der Waals surface area (Å²) < 4.78 is 33.4. The number of hydrogen-bond donors (Lipinski definition) is 1. The maximum Gasteiger partial charge on any atom is 0.262 e. The van der Waals surface area contributed by atoms with Crippen LogP contribution in [0.1, 0.15) is 60.2 Å². The van der Waals surface area contributed by atoms with Gasteiger partial charge in [0.2, 0.25) is 10.0 Å². The van der Waals surface area contributed by atoms with Crippen molar-refractivity contribution in [3.05, 3.63) is 46.2 Å². The Kier molecular flexibility index (Phi) is 6.69. The summed E-state index contributed by atoms with van der Waals surface area (Å²) in [7, 11) is -1.98. The largest absolute Gasteiger partial charge is 0.496 e. The zero-order valence-corrected chi connectivity index (χ0v) is 19.6. The van der Waals surface area contributed by atoms with Crippen LogP contribution in [0.5, 0.6) is 5.75 Å². The Morgan fingerprint density at radius 1 is 1.10 bits per heavy atom. The van der Waals surface area contributed by atoms with Crippen molar-refractivity contribution in [1.29, 1.82) is 0 Å². The third kappa shape index (κ3) is 4.38. The quantitative estimate of drug-likeness (QED) is 0.670. The molecule has 0 spiro atoms. The Bertz CT molecular complexity index is 1020. The lowest BCUT2D eigenvalue weighted by molar-refractivity contribution is 0.0943. The average Bonchev–Trinajstić information content (AvgIpc) is 3.49. The molecule has 168 valence electrons. The minimum absolute atomic E-state index is 0.134. The van der Waals surface area contributed by atoms with Crippen LogP contribution in [0.2, 0.25) is 0 Å². The number of methoxy groups -OCH3 is 1. The molecule has 0 bridgehead atoms. The van der Waals surface area contributed by atoms with Crippen molar-refractivity contribution < 1.29 is 17.9 Å². The molecule has 2 aromatic rings. The summed E-state index contributed by atoms with van der Waals surface area (Å²) in [6.45, 7) is 1.51. The van der Waals surface area contributed by atoms with Crippen molar-refractivity contribution >= 4 is 27.3 Å². The first-order valence-electron chi connectivity index (χ1n) is 11.0. The fourth-order valence-corrected chi connectivity index (χ4v) is 7.75. The number of ether oxygens (including phenoxy) is 1. The molecule has 1 saturated carbocycles. The van der Waals surface area contributed by atoms with E-state index in [1.165, 1.54) is 15.6 Å². The number of carbonyl (C=O) groups excluding carboxylic acids is 1. The van der Waals surface area contributed by atoms with Crippen LogP contribution in [0.25, 0.3) is 0 Å². The molecule has 1 saturated heterocycles. The summed E-state index contributed by atoms with van der Waals surface area (Å²) in [6, 6.07) is 9.55. The smallest absolute Gasteiger partial charge is 0.262 e. The van der Waals surface area contributed by atoms with Crippen LogP contribution in [-0.4, -0.2) is 45.4 Å². The number of nitrogens with zero attached hydrogens (tertiary/aromatic N) is 1. The van der Waals surface area contributed by atoms with Crippen molar-refractivity contribution in [2.45, 2.75) is 55.3 Å². The van der Waals surface area contributed by atoms with E-state index < -0.39 is 10.0 Å². The molecule has 4 rings (SSSR count). The van der Waals surface area contributed by atoms with Gasteiger partial charge in [0.05, 0.1) is 7.11 Å². The summed E-state index contributed by atoms with van der Waals surface area (Å²) in [6.07, 6.45) is 6.92. The highest BCUT2D eigenvalue weighted by molar-refractivity contribution is 7.89. The Labute approximate surface area is 188 Å². The number of sulfonamides is 1. The molecule has 1 aliphatic heterocycles. The van der Waals surface area contributed by atoms with Gasteiger partial charge in [-0.15, -0.1) is 11.3 Å². The standard InChI is InChI=1S/C23H30N2O4S2/c1-29-19-10-4-3-9-18(19)23(12-5-6-13-23)17-24-22(26)21-20(11-16-30-21)31(27,28)25-14-7-2-8-15-25/h3-4,9-11,16H,2,5-8,12-15,17H2,1H3,(H,24,26). The van der Waals surface area contributed by atoms with Gasteiger partial charge in [-0.25, -0.2) is 8.42 Å².